The quantitative estimate of drug-likeness (QED) is 0.754. The lowest BCUT2D eigenvalue weighted by atomic mass is 10.1. The lowest BCUT2D eigenvalue weighted by Gasteiger charge is -2.06. The van der Waals surface area contributed by atoms with Crippen LogP contribution in [0.5, 0.6) is 0 Å². The molecular weight excluding hydrogens is 271 g/mol. The molecule has 0 atom stereocenters. The zero-order valence-electron chi connectivity index (χ0n) is 9.74. The maximum Gasteiger partial charge on any atom is 0.222 e. The summed E-state index contributed by atoms with van der Waals surface area (Å²) >= 11 is 12.0. The van der Waals surface area contributed by atoms with Crippen molar-refractivity contribution in [1.29, 1.82) is 0 Å². The van der Waals surface area contributed by atoms with Crippen molar-refractivity contribution in [2.24, 2.45) is 0 Å². The second-order valence-corrected chi connectivity index (χ2v) is 5.12. The maximum atomic E-state index is 6.15. The number of rotatable bonds is 1. The number of aromatic nitrogens is 4. The Bertz CT molecular complexity index is 579. The Kier molecular flexibility index (Phi) is 3.22. The van der Waals surface area contributed by atoms with Gasteiger partial charge in [0.15, 0.2) is 0 Å². The van der Waals surface area contributed by atoms with Crippen molar-refractivity contribution in [3.05, 3.63) is 28.4 Å². The van der Waals surface area contributed by atoms with Crippen molar-refractivity contribution in [3.63, 3.8) is 0 Å². The molecule has 3 rings (SSSR count). The Labute approximate surface area is 115 Å². The van der Waals surface area contributed by atoms with E-state index in [1.807, 2.05) is 6.20 Å². The topological polar surface area (TPSA) is 43.6 Å². The third-order valence-corrected chi connectivity index (χ3v) is 3.66. The first-order valence-corrected chi connectivity index (χ1v) is 6.74. The van der Waals surface area contributed by atoms with E-state index in [4.69, 9.17) is 23.2 Å². The summed E-state index contributed by atoms with van der Waals surface area (Å²) in [5.74, 6) is 0. The standard InChI is InChI=1S/C12H12Cl2N4/c13-9-7-15-12(14)17-11(9)8-6-16-18-5-3-1-2-4-10(8)18/h6-7H,1-5H2. The van der Waals surface area contributed by atoms with E-state index in [1.54, 1.807) is 0 Å². The molecule has 0 saturated heterocycles. The monoisotopic (exact) mass is 282 g/mol. The van der Waals surface area contributed by atoms with Crippen LogP contribution in [-0.2, 0) is 13.0 Å². The number of fused-ring (bicyclic) bond motifs is 1. The second kappa shape index (κ2) is 4.86. The van der Waals surface area contributed by atoms with Gasteiger partial charge in [0.1, 0.15) is 0 Å². The van der Waals surface area contributed by atoms with E-state index in [0.29, 0.717) is 10.7 Å². The molecule has 2 aromatic heterocycles. The highest BCUT2D eigenvalue weighted by atomic mass is 35.5. The summed E-state index contributed by atoms with van der Waals surface area (Å²) in [5.41, 5.74) is 2.86. The zero-order valence-corrected chi connectivity index (χ0v) is 11.2. The molecule has 0 amide bonds. The fraction of sp³-hybridized carbons (Fsp3) is 0.417. The molecule has 1 aliphatic rings. The first-order valence-electron chi connectivity index (χ1n) is 5.99. The molecule has 0 unspecified atom stereocenters. The van der Waals surface area contributed by atoms with E-state index in [9.17, 15) is 0 Å². The molecule has 3 heterocycles. The Balaban J connectivity index is 2.12. The molecule has 0 bridgehead atoms. The number of hydrogen-bond donors (Lipinski definition) is 0. The number of hydrogen-bond acceptors (Lipinski definition) is 3. The summed E-state index contributed by atoms with van der Waals surface area (Å²) in [4.78, 5) is 8.10. The average Bonchev–Trinajstić information content (AvgIpc) is 2.61. The van der Waals surface area contributed by atoms with E-state index >= 15 is 0 Å². The van der Waals surface area contributed by atoms with E-state index < -0.39 is 0 Å². The van der Waals surface area contributed by atoms with Crippen molar-refractivity contribution in [3.8, 4) is 11.3 Å². The van der Waals surface area contributed by atoms with Crippen molar-refractivity contribution in [2.45, 2.75) is 32.2 Å². The summed E-state index contributed by atoms with van der Waals surface area (Å²) in [6.45, 7) is 0.964. The van der Waals surface area contributed by atoms with Gasteiger partial charge in [0.2, 0.25) is 5.28 Å². The van der Waals surface area contributed by atoms with Crippen LogP contribution in [0.25, 0.3) is 11.3 Å². The smallest absolute Gasteiger partial charge is 0.222 e. The number of halogens is 2. The SMILES string of the molecule is Clc1ncc(Cl)c(-c2cnn3c2CCCCC3)n1. The highest BCUT2D eigenvalue weighted by Crippen LogP contribution is 2.31. The minimum absolute atomic E-state index is 0.211. The third kappa shape index (κ3) is 2.10. The highest BCUT2D eigenvalue weighted by molar-refractivity contribution is 6.33. The summed E-state index contributed by atoms with van der Waals surface area (Å²) < 4.78 is 2.05. The van der Waals surface area contributed by atoms with Gasteiger partial charge in [-0.15, -0.1) is 0 Å². The van der Waals surface area contributed by atoms with Crippen LogP contribution in [0.4, 0.5) is 0 Å². The molecule has 94 valence electrons. The summed E-state index contributed by atoms with van der Waals surface area (Å²) in [7, 11) is 0. The van der Waals surface area contributed by atoms with Crippen molar-refractivity contribution in [2.75, 3.05) is 0 Å². The molecule has 0 radical (unpaired) electrons. The number of nitrogens with zero attached hydrogens (tertiary/aromatic N) is 4. The Morgan fingerprint density at radius 2 is 2.00 bits per heavy atom. The fourth-order valence-corrected chi connectivity index (χ4v) is 2.66. The van der Waals surface area contributed by atoms with Crippen LogP contribution in [-0.4, -0.2) is 19.7 Å². The molecule has 0 saturated carbocycles. The minimum atomic E-state index is 0.211. The molecule has 1 aliphatic heterocycles. The van der Waals surface area contributed by atoms with Crippen LogP contribution < -0.4 is 0 Å². The first-order chi connectivity index (χ1) is 8.75. The van der Waals surface area contributed by atoms with E-state index in [0.717, 1.165) is 18.5 Å². The predicted octanol–water partition coefficient (Wildman–Crippen LogP) is 3.37. The van der Waals surface area contributed by atoms with Crippen LogP contribution in [0.3, 0.4) is 0 Å². The van der Waals surface area contributed by atoms with Crippen molar-refractivity contribution >= 4 is 23.2 Å². The van der Waals surface area contributed by atoms with Gasteiger partial charge in [-0.1, -0.05) is 18.0 Å². The molecule has 0 N–H and O–H groups in total. The van der Waals surface area contributed by atoms with Crippen molar-refractivity contribution < 1.29 is 0 Å². The lowest BCUT2D eigenvalue weighted by molar-refractivity contribution is 0.576. The first kappa shape index (κ1) is 11.9. The van der Waals surface area contributed by atoms with Gasteiger partial charge in [-0.3, -0.25) is 4.68 Å². The van der Waals surface area contributed by atoms with Crippen LogP contribution in [0, 0.1) is 0 Å². The van der Waals surface area contributed by atoms with E-state index in [2.05, 4.69) is 19.7 Å². The second-order valence-electron chi connectivity index (χ2n) is 4.37. The van der Waals surface area contributed by atoms with Crippen molar-refractivity contribution in [1.82, 2.24) is 19.7 Å². The Morgan fingerprint density at radius 3 is 2.89 bits per heavy atom. The maximum absolute atomic E-state index is 6.15. The van der Waals surface area contributed by atoms with Gasteiger partial charge in [-0.05, 0) is 30.9 Å². The fourth-order valence-electron chi connectivity index (χ4n) is 2.33. The molecule has 0 spiro atoms. The number of aryl methyl sites for hydroxylation is 1. The van der Waals surface area contributed by atoms with Gasteiger partial charge in [-0.2, -0.15) is 5.10 Å². The Morgan fingerprint density at radius 1 is 1.11 bits per heavy atom. The van der Waals surface area contributed by atoms with E-state index in [-0.39, 0.29) is 5.28 Å². The zero-order chi connectivity index (χ0) is 12.5. The lowest BCUT2D eigenvalue weighted by Crippen LogP contribution is -2.02. The van der Waals surface area contributed by atoms with Crippen LogP contribution in [0.2, 0.25) is 10.3 Å². The highest BCUT2D eigenvalue weighted by Gasteiger charge is 2.18. The van der Waals surface area contributed by atoms with Gasteiger partial charge < -0.3 is 0 Å². The minimum Gasteiger partial charge on any atom is -0.269 e. The molecule has 0 aromatic carbocycles. The molecule has 6 heteroatoms. The third-order valence-electron chi connectivity index (χ3n) is 3.20. The van der Waals surface area contributed by atoms with Gasteiger partial charge in [0.05, 0.1) is 23.1 Å². The van der Waals surface area contributed by atoms with Gasteiger partial charge in [-0.25, -0.2) is 9.97 Å². The van der Waals surface area contributed by atoms with E-state index in [1.165, 1.54) is 31.2 Å². The van der Waals surface area contributed by atoms with Crippen LogP contribution >= 0.6 is 23.2 Å². The van der Waals surface area contributed by atoms with Crippen LogP contribution in [0.1, 0.15) is 25.0 Å². The molecule has 0 fully saturated rings. The predicted molar refractivity (Wildman–Crippen MR) is 70.8 cm³/mol. The van der Waals surface area contributed by atoms with Gasteiger partial charge >= 0.3 is 0 Å². The normalized spacial score (nSPS) is 15.2. The Hall–Kier alpha value is -1.13. The van der Waals surface area contributed by atoms with Gasteiger partial charge in [0.25, 0.3) is 0 Å². The molecular formula is C12H12Cl2N4. The van der Waals surface area contributed by atoms with Crippen LogP contribution in [0.15, 0.2) is 12.4 Å². The molecule has 4 nitrogen and oxygen atoms in total. The summed E-state index contributed by atoms with van der Waals surface area (Å²) in [5, 5.41) is 5.14. The molecule has 0 aliphatic carbocycles. The summed E-state index contributed by atoms with van der Waals surface area (Å²) in [6.07, 6.45) is 7.95. The largest absolute Gasteiger partial charge is 0.269 e. The summed E-state index contributed by atoms with van der Waals surface area (Å²) in [6, 6.07) is 0. The van der Waals surface area contributed by atoms with Gasteiger partial charge in [0, 0.05) is 17.8 Å². The molecule has 18 heavy (non-hydrogen) atoms. The average molecular weight is 283 g/mol. The molecule has 2 aromatic rings.